The molecule has 1 aromatic carbocycles. The van der Waals surface area contributed by atoms with Gasteiger partial charge in [-0.05, 0) is 30.2 Å². The summed E-state index contributed by atoms with van der Waals surface area (Å²) in [5, 5.41) is 11.5. The number of ether oxygens (including phenoxy) is 1. The molecule has 7 heteroatoms. The van der Waals surface area contributed by atoms with Crippen LogP contribution in [0.2, 0.25) is 0 Å². The van der Waals surface area contributed by atoms with Crippen molar-refractivity contribution in [2.45, 2.75) is 12.8 Å². The van der Waals surface area contributed by atoms with Crippen LogP contribution in [0.15, 0.2) is 42.5 Å². The van der Waals surface area contributed by atoms with Gasteiger partial charge in [-0.15, -0.1) is 0 Å². The Hall–Kier alpha value is -2.54. The molecule has 0 aliphatic carbocycles. The molecule has 1 amide bonds. The molecule has 2 aromatic rings. The molecule has 0 fully saturated rings. The molecule has 2 N–H and O–H groups in total. The summed E-state index contributed by atoms with van der Waals surface area (Å²) in [7, 11) is 0. The lowest BCUT2D eigenvalue weighted by Gasteiger charge is -2.08. The first-order valence-corrected chi connectivity index (χ1v) is 6.97. The molecule has 0 bridgehead atoms. The summed E-state index contributed by atoms with van der Waals surface area (Å²) in [6.45, 7) is -0.717. The number of pyridine rings is 1. The second-order valence-corrected chi connectivity index (χ2v) is 4.69. The number of aliphatic hydroxyl groups is 1. The maximum absolute atomic E-state index is 12.1. The third-order valence-electron chi connectivity index (χ3n) is 2.93. The molecule has 0 atom stereocenters. The Bertz CT molecular complexity index is 648. The summed E-state index contributed by atoms with van der Waals surface area (Å²) in [5.41, 5.74) is 1.58. The number of nitrogens with one attached hydrogen (secondary N) is 1. The van der Waals surface area contributed by atoms with E-state index in [0.717, 1.165) is 5.56 Å². The lowest BCUT2D eigenvalue weighted by atomic mass is 10.1. The number of anilines is 1. The van der Waals surface area contributed by atoms with Gasteiger partial charge in [0.1, 0.15) is 5.69 Å². The predicted octanol–water partition coefficient (Wildman–Crippen LogP) is 2.51. The van der Waals surface area contributed by atoms with Crippen molar-refractivity contribution in [2.75, 3.05) is 18.5 Å². The van der Waals surface area contributed by atoms with E-state index in [1.165, 1.54) is 18.2 Å². The van der Waals surface area contributed by atoms with E-state index in [1.807, 2.05) is 0 Å². The Labute approximate surface area is 131 Å². The number of alkyl halides is 2. The highest BCUT2D eigenvalue weighted by molar-refractivity contribution is 6.02. The smallest absolute Gasteiger partial charge is 0.274 e. The fourth-order valence-corrected chi connectivity index (χ4v) is 1.85. The molecule has 0 saturated heterocycles. The predicted molar refractivity (Wildman–Crippen MR) is 80.9 cm³/mol. The van der Waals surface area contributed by atoms with E-state index >= 15 is 0 Å². The molecular formula is C16H16F2N2O3. The first-order chi connectivity index (χ1) is 11.1. The van der Waals surface area contributed by atoms with E-state index in [-0.39, 0.29) is 18.2 Å². The van der Waals surface area contributed by atoms with E-state index in [2.05, 4.69) is 10.3 Å². The standard InChI is InChI=1S/C16H16F2N2O3/c17-14(18)10-23-15-3-1-2-13(20-15)16(22)19-12-6-4-11(5-7-12)8-9-21/h1-7,14,21H,8-10H2,(H,19,22). The summed E-state index contributed by atoms with van der Waals surface area (Å²) >= 11 is 0. The van der Waals surface area contributed by atoms with E-state index in [9.17, 15) is 13.6 Å². The number of aromatic nitrogens is 1. The van der Waals surface area contributed by atoms with Crippen LogP contribution in [-0.2, 0) is 6.42 Å². The zero-order chi connectivity index (χ0) is 16.7. The highest BCUT2D eigenvalue weighted by Gasteiger charge is 2.10. The number of amides is 1. The fraction of sp³-hybridized carbons (Fsp3) is 0.250. The van der Waals surface area contributed by atoms with Gasteiger partial charge in [-0.3, -0.25) is 4.79 Å². The zero-order valence-electron chi connectivity index (χ0n) is 12.2. The number of carbonyl (C=O) groups excluding carboxylic acids is 1. The van der Waals surface area contributed by atoms with Crippen LogP contribution in [0.5, 0.6) is 5.88 Å². The maximum Gasteiger partial charge on any atom is 0.274 e. The number of halogens is 2. The highest BCUT2D eigenvalue weighted by atomic mass is 19.3. The van der Waals surface area contributed by atoms with Crippen molar-refractivity contribution < 1.29 is 23.4 Å². The fourth-order valence-electron chi connectivity index (χ4n) is 1.85. The van der Waals surface area contributed by atoms with Gasteiger partial charge in [0, 0.05) is 18.4 Å². The third-order valence-corrected chi connectivity index (χ3v) is 2.93. The third kappa shape index (κ3) is 5.30. The molecule has 0 radical (unpaired) electrons. The van der Waals surface area contributed by atoms with Crippen molar-refractivity contribution in [3.05, 3.63) is 53.7 Å². The number of nitrogens with zero attached hydrogens (tertiary/aromatic N) is 1. The largest absolute Gasteiger partial charge is 0.472 e. The van der Waals surface area contributed by atoms with Crippen molar-refractivity contribution in [3.63, 3.8) is 0 Å². The molecule has 1 aromatic heterocycles. The van der Waals surface area contributed by atoms with Crippen LogP contribution < -0.4 is 10.1 Å². The normalized spacial score (nSPS) is 10.6. The van der Waals surface area contributed by atoms with Crippen molar-refractivity contribution in [2.24, 2.45) is 0 Å². The van der Waals surface area contributed by atoms with Crippen LogP contribution in [0.25, 0.3) is 0 Å². The number of hydrogen-bond acceptors (Lipinski definition) is 4. The van der Waals surface area contributed by atoms with Crippen molar-refractivity contribution in [3.8, 4) is 5.88 Å². The van der Waals surface area contributed by atoms with Gasteiger partial charge in [0.2, 0.25) is 5.88 Å². The molecule has 0 unspecified atom stereocenters. The van der Waals surface area contributed by atoms with Gasteiger partial charge in [0.25, 0.3) is 12.3 Å². The Morgan fingerprint density at radius 1 is 1.22 bits per heavy atom. The minimum atomic E-state index is -2.60. The maximum atomic E-state index is 12.1. The Morgan fingerprint density at radius 2 is 1.96 bits per heavy atom. The number of benzene rings is 1. The van der Waals surface area contributed by atoms with Gasteiger partial charge in [-0.2, -0.15) is 0 Å². The first kappa shape index (κ1) is 16.8. The Balaban J connectivity index is 2.01. The molecule has 122 valence electrons. The van der Waals surface area contributed by atoms with Gasteiger partial charge < -0.3 is 15.2 Å². The number of aliphatic hydroxyl groups excluding tert-OH is 1. The van der Waals surface area contributed by atoms with Crippen molar-refractivity contribution in [1.82, 2.24) is 4.98 Å². The van der Waals surface area contributed by atoms with Gasteiger partial charge in [0.05, 0.1) is 0 Å². The number of carbonyl (C=O) groups is 1. The van der Waals surface area contributed by atoms with Crippen LogP contribution in [0, 0.1) is 0 Å². The molecule has 2 rings (SSSR count). The second kappa shape index (κ2) is 8.19. The Kier molecular flexibility index (Phi) is 5.99. The highest BCUT2D eigenvalue weighted by Crippen LogP contribution is 2.13. The van der Waals surface area contributed by atoms with Gasteiger partial charge in [0.15, 0.2) is 6.61 Å². The molecule has 23 heavy (non-hydrogen) atoms. The topological polar surface area (TPSA) is 71.5 Å². The summed E-state index contributed by atoms with van der Waals surface area (Å²) in [5.74, 6) is -0.501. The molecule has 0 saturated carbocycles. The van der Waals surface area contributed by atoms with Crippen LogP contribution in [0.3, 0.4) is 0 Å². The average Bonchev–Trinajstić information content (AvgIpc) is 2.55. The Morgan fingerprint density at radius 3 is 2.61 bits per heavy atom. The lowest BCUT2D eigenvalue weighted by Crippen LogP contribution is -2.15. The van der Waals surface area contributed by atoms with Crippen molar-refractivity contribution in [1.29, 1.82) is 0 Å². The number of rotatable bonds is 7. The molecule has 0 aliphatic rings. The van der Waals surface area contributed by atoms with Gasteiger partial charge in [-0.1, -0.05) is 18.2 Å². The quantitative estimate of drug-likeness (QED) is 0.822. The van der Waals surface area contributed by atoms with Crippen LogP contribution in [0.1, 0.15) is 16.1 Å². The summed E-state index contributed by atoms with van der Waals surface area (Å²) < 4.78 is 29.0. The molecular weight excluding hydrogens is 306 g/mol. The van der Waals surface area contributed by atoms with Crippen LogP contribution >= 0.6 is 0 Å². The first-order valence-electron chi connectivity index (χ1n) is 6.97. The van der Waals surface area contributed by atoms with Gasteiger partial charge in [-0.25, -0.2) is 13.8 Å². The van der Waals surface area contributed by atoms with Gasteiger partial charge >= 0.3 is 0 Å². The van der Waals surface area contributed by atoms with E-state index in [1.54, 1.807) is 24.3 Å². The van der Waals surface area contributed by atoms with Crippen molar-refractivity contribution >= 4 is 11.6 Å². The SMILES string of the molecule is O=C(Nc1ccc(CCO)cc1)c1cccc(OCC(F)F)n1. The zero-order valence-corrected chi connectivity index (χ0v) is 12.2. The summed E-state index contributed by atoms with van der Waals surface area (Å²) in [6.07, 6.45) is -2.06. The van der Waals surface area contributed by atoms with E-state index in [4.69, 9.17) is 9.84 Å². The molecule has 1 heterocycles. The average molecular weight is 322 g/mol. The lowest BCUT2D eigenvalue weighted by molar-refractivity contribution is 0.0794. The minimum absolute atomic E-state index is 0.0313. The molecule has 0 aliphatic heterocycles. The minimum Gasteiger partial charge on any atom is -0.472 e. The second-order valence-electron chi connectivity index (χ2n) is 4.69. The molecule has 5 nitrogen and oxygen atoms in total. The van der Waals surface area contributed by atoms with E-state index < -0.39 is 18.9 Å². The summed E-state index contributed by atoms with van der Waals surface area (Å²) in [6, 6.07) is 11.4. The number of hydrogen-bond donors (Lipinski definition) is 2. The van der Waals surface area contributed by atoms with E-state index in [0.29, 0.717) is 12.1 Å². The molecule has 0 spiro atoms. The van der Waals surface area contributed by atoms with Crippen LogP contribution in [-0.4, -0.2) is 35.6 Å². The van der Waals surface area contributed by atoms with Crippen LogP contribution in [0.4, 0.5) is 14.5 Å². The summed E-state index contributed by atoms with van der Waals surface area (Å²) in [4.78, 5) is 16.0. The monoisotopic (exact) mass is 322 g/mol.